The first-order valence-corrected chi connectivity index (χ1v) is 6.35. The van der Waals surface area contributed by atoms with Gasteiger partial charge >= 0.3 is 0 Å². The van der Waals surface area contributed by atoms with Crippen molar-refractivity contribution in [1.82, 2.24) is 9.80 Å². The minimum absolute atomic E-state index is 0.00817. The van der Waals surface area contributed by atoms with Gasteiger partial charge in [0.15, 0.2) is 5.78 Å². The van der Waals surface area contributed by atoms with Crippen molar-refractivity contribution in [2.45, 2.75) is 6.92 Å². The molecule has 0 aliphatic carbocycles. The van der Waals surface area contributed by atoms with E-state index in [0.29, 0.717) is 6.54 Å². The maximum atomic E-state index is 13.0. The van der Waals surface area contributed by atoms with Gasteiger partial charge in [-0.05, 0) is 19.1 Å². The Bertz CT molecular complexity index is 559. The molecule has 0 bridgehead atoms. The molecule has 6 heteroatoms. The third-order valence-electron chi connectivity index (χ3n) is 3.22. The fourth-order valence-electron chi connectivity index (χ4n) is 2.06. The topological polar surface area (TPSA) is 57.7 Å². The van der Waals surface area contributed by atoms with Crippen LogP contribution < -0.4 is 0 Å². The molecular formula is C14H15FN2O3. The first kappa shape index (κ1) is 14.2. The van der Waals surface area contributed by atoms with E-state index in [2.05, 4.69) is 0 Å². The lowest BCUT2D eigenvalue weighted by Gasteiger charge is -2.32. The maximum Gasteiger partial charge on any atom is 0.243 e. The summed E-state index contributed by atoms with van der Waals surface area (Å²) in [6, 6.07) is 5.28. The molecule has 5 nitrogen and oxygen atoms in total. The van der Waals surface area contributed by atoms with Gasteiger partial charge in [-0.15, -0.1) is 0 Å². The van der Waals surface area contributed by atoms with Gasteiger partial charge in [-0.3, -0.25) is 14.4 Å². The fraction of sp³-hybridized carbons (Fsp3) is 0.357. The van der Waals surface area contributed by atoms with Crippen LogP contribution in [0.1, 0.15) is 17.3 Å². The van der Waals surface area contributed by atoms with Crippen LogP contribution in [0.25, 0.3) is 0 Å². The van der Waals surface area contributed by atoms with Gasteiger partial charge in [-0.2, -0.15) is 0 Å². The van der Waals surface area contributed by atoms with Gasteiger partial charge in [-0.1, -0.05) is 12.1 Å². The summed E-state index contributed by atoms with van der Waals surface area (Å²) in [5.41, 5.74) is 0.197. The molecule has 0 spiro atoms. The van der Waals surface area contributed by atoms with E-state index in [4.69, 9.17) is 0 Å². The first-order valence-electron chi connectivity index (χ1n) is 6.35. The number of piperazine rings is 1. The zero-order valence-corrected chi connectivity index (χ0v) is 11.1. The van der Waals surface area contributed by atoms with Crippen molar-refractivity contribution in [3.05, 3.63) is 35.6 Å². The average molecular weight is 278 g/mol. The van der Waals surface area contributed by atoms with E-state index in [1.54, 1.807) is 6.92 Å². The number of nitrogens with zero attached hydrogens (tertiary/aromatic N) is 2. The van der Waals surface area contributed by atoms with E-state index < -0.39 is 5.82 Å². The molecule has 0 atom stereocenters. The highest BCUT2D eigenvalue weighted by atomic mass is 19.1. The number of hydrogen-bond donors (Lipinski definition) is 0. The van der Waals surface area contributed by atoms with Crippen molar-refractivity contribution in [3.63, 3.8) is 0 Å². The number of ketones is 1. The number of halogens is 1. The van der Waals surface area contributed by atoms with Crippen LogP contribution in [0, 0.1) is 5.82 Å². The van der Waals surface area contributed by atoms with E-state index in [1.807, 2.05) is 0 Å². The van der Waals surface area contributed by atoms with Crippen molar-refractivity contribution >= 4 is 17.6 Å². The highest BCUT2D eigenvalue weighted by Crippen LogP contribution is 2.09. The number of carbonyl (C=O) groups excluding carboxylic acids is 3. The van der Waals surface area contributed by atoms with Crippen molar-refractivity contribution in [1.29, 1.82) is 0 Å². The number of Topliss-reactive ketones (excluding diaryl/α,β-unsaturated/α-hetero) is 1. The van der Waals surface area contributed by atoms with Crippen LogP contribution in [0.4, 0.5) is 4.39 Å². The minimum atomic E-state index is -0.506. The molecule has 1 aliphatic rings. The summed E-state index contributed by atoms with van der Waals surface area (Å²) in [5, 5.41) is 0. The molecule has 20 heavy (non-hydrogen) atoms. The highest BCUT2D eigenvalue weighted by Gasteiger charge is 2.30. The molecule has 0 aromatic heterocycles. The summed E-state index contributed by atoms with van der Waals surface area (Å²) >= 11 is 0. The predicted octanol–water partition coefficient (Wildman–Crippen LogP) is 0.699. The van der Waals surface area contributed by atoms with E-state index in [-0.39, 0.29) is 42.8 Å². The standard InChI is InChI=1S/C14H15FN2O3/c1-2-16-8-14(20)17(9-13(16)19)7-12(18)10-4-3-5-11(15)6-10/h3-6H,2,7-9H2,1H3. The Balaban J connectivity index is 2.05. The van der Waals surface area contributed by atoms with E-state index in [1.165, 1.54) is 28.0 Å². The Morgan fingerprint density at radius 2 is 1.85 bits per heavy atom. The van der Waals surface area contributed by atoms with Gasteiger partial charge in [0, 0.05) is 12.1 Å². The van der Waals surface area contributed by atoms with Crippen LogP contribution in [0.2, 0.25) is 0 Å². The lowest BCUT2D eigenvalue weighted by molar-refractivity contribution is -0.149. The summed E-state index contributed by atoms with van der Waals surface area (Å²) in [5.74, 6) is -1.33. The number of benzene rings is 1. The molecule has 1 saturated heterocycles. The second-order valence-corrected chi connectivity index (χ2v) is 4.59. The van der Waals surface area contributed by atoms with Crippen LogP contribution in [0.15, 0.2) is 24.3 Å². The fourth-order valence-corrected chi connectivity index (χ4v) is 2.06. The van der Waals surface area contributed by atoms with Gasteiger partial charge in [0.05, 0.1) is 13.1 Å². The van der Waals surface area contributed by atoms with Crippen LogP contribution in [-0.4, -0.2) is 53.6 Å². The Hall–Kier alpha value is -2.24. The van der Waals surface area contributed by atoms with Gasteiger partial charge in [0.25, 0.3) is 0 Å². The lowest BCUT2D eigenvalue weighted by atomic mass is 10.1. The quantitative estimate of drug-likeness (QED) is 0.762. The smallest absolute Gasteiger partial charge is 0.243 e. The van der Waals surface area contributed by atoms with E-state index in [0.717, 1.165) is 6.07 Å². The van der Waals surface area contributed by atoms with Crippen LogP contribution in [-0.2, 0) is 9.59 Å². The molecule has 1 aromatic rings. The molecule has 1 aromatic carbocycles. The average Bonchev–Trinajstić information content (AvgIpc) is 2.42. The number of amides is 2. The molecule has 2 amide bonds. The Morgan fingerprint density at radius 3 is 2.50 bits per heavy atom. The molecule has 1 fully saturated rings. The molecule has 1 heterocycles. The number of carbonyl (C=O) groups is 3. The Kier molecular flexibility index (Phi) is 4.12. The van der Waals surface area contributed by atoms with Crippen molar-refractivity contribution < 1.29 is 18.8 Å². The Morgan fingerprint density at radius 1 is 1.20 bits per heavy atom. The van der Waals surface area contributed by atoms with Crippen LogP contribution >= 0.6 is 0 Å². The highest BCUT2D eigenvalue weighted by molar-refractivity contribution is 6.01. The maximum absolute atomic E-state index is 13.0. The third-order valence-corrected chi connectivity index (χ3v) is 3.22. The second-order valence-electron chi connectivity index (χ2n) is 4.59. The normalized spacial score (nSPS) is 15.7. The zero-order chi connectivity index (χ0) is 14.7. The van der Waals surface area contributed by atoms with Crippen LogP contribution in [0.3, 0.4) is 0 Å². The molecule has 106 valence electrons. The summed E-state index contributed by atoms with van der Waals surface area (Å²) < 4.78 is 13.0. The van der Waals surface area contributed by atoms with Crippen molar-refractivity contribution in [2.24, 2.45) is 0 Å². The predicted molar refractivity (Wildman–Crippen MR) is 69.6 cm³/mol. The zero-order valence-electron chi connectivity index (χ0n) is 11.1. The molecule has 0 unspecified atom stereocenters. The molecule has 1 aliphatic heterocycles. The molecular weight excluding hydrogens is 263 g/mol. The second kappa shape index (κ2) is 5.81. The molecule has 0 N–H and O–H groups in total. The molecule has 0 radical (unpaired) electrons. The summed E-state index contributed by atoms with van der Waals surface area (Å²) in [6.07, 6.45) is 0. The van der Waals surface area contributed by atoms with Crippen LogP contribution in [0.5, 0.6) is 0 Å². The minimum Gasteiger partial charge on any atom is -0.332 e. The summed E-state index contributed by atoms with van der Waals surface area (Å²) in [4.78, 5) is 38.2. The van der Waals surface area contributed by atoms with Gasteiger partial charge < -0.3 is 9.80 Å². The molecule has 2 rings (SSSR count). The largest absolute Gasteiger partial charge is 0.332 e. The van der Waals surface area contributed by atoms with E-state index >= 15 is 0 Å². The monoisotopic (exact) mass is 278 g/mol. The third kappa shape index (κ3) is 3.01. The lowest BCUT2D eigenvalue weighted by Crippen LogP contribution is -2.54. The summed E-state index contributed by atoms with van der Waals surface area (Å²) in [7, 11) is 0. The van der Waals surface area contributed by atoms with Gasteiger partial charge in [-0.25, -0.2) is 4.39 Å². The number of likely N-dealkylation sites (N-methyl/N-ethyl adjacent to an activating group) is 1. The first-order chi connectivity index (χ1) is 9.51. The Labute approximate surface area is 116 Å². The van der Waals surface area contributed by atoms with Gasteiger partial charge in [0.2, 0.25) is 11.8 Å². The van der Waals surface area contributed by atoms with Crippen molar-refractivity contribution in [3.8, 4) is 0 Å². The summed E-state index contributed by atoms with van der Waals surface area (Å²) in [6.45, 7) is 1.94. The molecule has 0 saturated carbocycles. The SMILES string of the molecule is CCN1CC(=O)N(CC(=O)c2cccc(F)c2)CC1=O. The number of hydrogen-bond acceptors (Lipinski definition) is 3. The van der Waals surface area contributed by atoms with Crippen molar-refractivity contribution in [2.75, 3.05) is 26.2 Å². The van der Waals surface area contributed by atoms with E-state index in [9.17, 15) is 18.8 Å². The van der Waals surface area contributed by atoms with Gasteiger partial charge in [0.1, 0.15) is 12.4 Å². The number of rotatable bonds is 4.